The van der Waals surface area contributed by atoms with Crippen molar-refractivity contribution in [1.82, 2.24) is 9.80 Å². The molecular formula is C30H37N3O6S. The summed E-state index contributed by atoms with van der Waals surface area (Å²) < 4.78 is 39.0. The van der Waals surface area contributed by atoms with E-state index in [1.807, 2.05) is 68.6 Å². The molecule has 0 saturated heterocycles. The molecule has 1 aliphatic rings. The average Bonchev–Trinajstić information content (AvgIpc) is 2.91. The summed E-state index contributed by atoms with van der Waals surface area (Å²) in [5.74, 6) is 1.29. The number of hydrogen-bond acceptors (Lipinski definition) is 7. The third-order valence-corrected chi connectivity index (χ3v) is 7.42. The Morgan fingerprint density at radius 3 is 2.40 bits per heavy atom. The lowest BCUT2D eigenvalue weighted by molar-refractivity contribution is 0.0344. The number of carbonyl (C=O) groups is 1. The zero-order chi connectivity index (χ0) is 28.9. The molecule has 0 aliphatic carbocycles. The van der Waals surface area contributed by atoms with Gasteiger partial charge in [-0.3, -0.25) is 14.4 Å². The van der Waals surface area contributed by atoms with Crippen molar-refractivity contribution in [2.75, 3.05) is 37.7 Å². The molecule has 214 valence electrons. The van der Waals surface area contributed by atoms with Crippen LogP contribution >= 0.6 is 0 Å². The number of benzene rings is 3. The molecule has 0 fully saturated rings. The smallest absolute Gasteiger partial charge is 0.258 e. The Hall–Kier alpha value is -3.60. The van der Waals surface area contributed by atoms with Crippen LogP contribution in [0.1, 0.15) is 29.8 Å². The zero-order valence-electron chi connectivity index (χ0n) is 23.3. The summed E-state index contributed by atoms with van der Waals surface area (Å²) in [7, 11) is -1.63. The number of amides is 1. The highest BCUT2D eigenvalue weighted by Gasteiger charge is 2.34. The fourth-order valence-electron chi connectivity index (χ4n) is 4.71. The van der Waals surface area contributed by atoms with E-state index < -0.39 is 16.1 Å². The number of aliphatic hydroxyl groups is 1. The van der Waals surface area contributed by atoms with Gasteiger partial charge in [0.2, 0.25) is 10.0 Å². The fraction of sp³-hybridized carbons (Fsp3) is 0.367. The number of hydrogen-bond donors (Lipinski definition) is 2. The van der Waals surface area contributed by atoms with Gasteiger partial charge in [0.25, 0.3) is 5.91 Å². The van der Waals surface area contributed by atoms with Crippen molar-refractivity contribution in [3.05, 3.63) is 83.9 Å². The zero-order valence-corrected chi connectivity index (χ0v) is 24.1. The molecule has 10 heteroatoms. The Bertz CT molecular complexity index is 1400. The molecule has 0 saturated carbocycles. The van der Waals surface area contributed by atoms with Gasteiger partial charge in [-0.25, -0.2) is 8.42 Å². The van der Waals surface area contributed by atoms with Crippen LogP contribution in [0.3, 0.4) is 0 Å². The van der Waals surface area contributed by atoms with Gasteiger partial charge < -0.3 is 19.5 Å². The molecule has 1 heterocycles. The second kappa shape index (κ2) is 12.7. The predicted molar refractivity (Wildman–Crippen MR) is 155 cm³/mol. The number of rotatable bonds is 10. The highest BCUT2D eigenvalue weighted by Crippen LogP contribution is 2.35. The normalized spacial score (nSPS) is 18.4. The third-order valence-electron chi connectivity index (χ3n) is 6.83. The first-order chi connectivity index (χ1) is 19.0. The number of anilines is 1. The minimum Gasteiger partial charge on any atom is -0.486 e. The van der Waals surface area contributed by atoms with E-state index in [0.29, 0.717) is 19.6 Å². The molecule has 1 amide bonds. The molecule has 3 aromatic rings. The van der Waals surface area contributed by atoms with Gasteiger partial charge in [0, 0.05) is 25.6 Å². The molecule has 9 nitrogen and oxygen atoms in total. The largest absolute Gasteiger partial charge is 0.486 e. The number of sulfonamides is 1. The monoisotopic (exact) mass is 567 g/mol. The van der Waals surface area contributed by atoms with E-state index in [2.05, 4.69) is 9.62 Å². The van der Waals surface area contributed by atoms with Crippen LogP contribution in [0, 0.1) is 5.92 Å². The number of aliphatic hydroxyl groups excluding tert-OH is 1. The molecule has 1 aliphatic heterocycles. The molecule has 3 atom stereocenters. The van der Waals surface area contributed by atoms with Gasteiger partial charge in [-0.05, 0) is 55.9 Å². The second-order valence-electron chi connectivity index (χ2n) is 10.4. The minimum atomic E-state index is -3.62. The van der Waals surface area contributed by atoms with Crippen molar-refractivity contribution in [3.8, 4) is 17.2 Å². The lowest BCUT2D eigenvalue weighted by Crippen LogP contribution is -2.49. The van der Waals surface area contributed by atoms with E-state index in [1.54, 1.807) is 30.0 Å². The first-order valence-corrected chi connectivity index (χ1v) is 15.1. The minimum absolute atomic E-state index is 0.110. The van der Waals surface area contributed by atoms with Crippen LogP contribution in [0.4, 0.5) is 5.69 Å². The van der Waals surface area contributed by atoms with Crippen LogP contribution in [-0.2, 0) is 16.6 Å². The Morgan fingerprint density at radius 1 is 1.07 bits per heavy atom. The van der Waals surface area contributed by atoms with E-state index in [4.69, 9.17) is 9.47 Å². The predicted octanol–water partition coefficient (Wildman–Crippen LogP) is 4.20. The van der Waals surface area contributed by atoms with E-state index in [9.17, 15) is 18.3 Å². The summed E-state index contributed by atoms with van der Waals surface area (Å²) in [5, 5.41) is 9.85. The van der Waals surface area contributed by atoms with Gasteiger partial charge >= 0.3 is 0 Å². The van der Waals surface area contributed by atoms with E-state index in [0.717, 1.165) is 23.3 Å². The summed E-state index contributed by atoms with van der Waals surface area (Å²) >= 11 is 0. The van der Waals surface area contributed by atoms with Gasteiger partial charge in [-0.2, -0.15) is 0 Å². The summed E-state index contributed by atoms with van der Waals surface area (Å²) in [6.45, 7) is 5.14. The maximum Gasteiger partial charge on any atom is 0.258 e. The first kappa shape index (κ1) is 29.4. The summed E-state index contributed by atoms with van der Waals surface area (Å²) in [5.41, 5.74) is 1.55. The first-order valence-electron chi connectivity index (χ1n) is 13.2. The molecule has 0 bridgehead atoms. The summed E-state index contributed by atoms with van der Waals surface area (Å²) in [6.07, 6.45) is 0.690. The van der Waals surface area contributed by atoms with Crippen LogP contribution < -0.4 is 14.2 Å². The molecule has 0 aromatic heterocycles. The van der Waals surface area contributed by atoms with Gasteiger partial charge in [0.1, 0.15) is 17.6 Å². The second-order valence-corrected chi connectivity index (χ2v) is 12.2. The Morgan fingerprint density at radius 2 is 1.75 bits per heavy atom. The van der Waals surface area contributed by atoms with Gasteiger partial charge in [0.05, 0.1) is 30.2 Å². The van der Waals surface area contributed by atoms with Gasteiger partial charge in [-0.15, -0.1) is 0 Å². The lowest BCUT2D eigenvalue weighted by Gasteiger charge is -2.38. The number of carbonyl (C=O) groups excluding carboxylic acids is 1. The molecule has 2 N–H and O–H groups in total. The van der Waals surface area contributed by atoms with E-state index in [-0.39, 0.29) is 41.5 Å². The van der Waals surface area contributed by atoms with Crippen LogP contribution in [0.5, 0.6) is 17.2 Å². The third kappa shape index (κ3) is 7.53. The average molecular weight is 568 g/mol. The number of fused-ring (bicyclic) bond motifs is 1. The summed E-state index contributed by atoms with van der Waals surface area (Å²) in [6, 6.07) is 21.9. The summed E-state index contributed by atoms with van der Waals surface area (Å²) in [4.78, 5) is 17.3. The maximum absolute atomic E-state index is 13.5. The highest BCUT2D eigenvalue weighted by atomic mass is 32.2. The topological polar surface area (TPSA) is 108 Å². The maximum atomic E-state index is 13.5. The van der Waals surface area contributed by atoms with E-state index in [1.165, 1.54) is 0 Å². The van der Waals surface area contributed by atoms with Crippen molar-refractivity contribution < 1.29 is 27.8 Å². The van der Waals surface area contributed by atoms with Gasteiger partial charge in [-0.1, -0.05) is 43.3 Å². The van der Waals surface area contributed by atoms with Crippen molar-refractivity contribution in [3.63, 3.8) is 0 Å². The number of nitrogens with one attached hydrogen (secondary N) is 1. The van der Waals surface area contributed by atoms with Crippen LogP contribution in [-0.4, -0.2) is 74.4 Å². The fourth-order valence-corrected chi connectivity index (χ4v) is 5.27. The Balaban J connectivity index is 1.54. The van der Waals surface area contributed by atoms with Crippen LogP contribution in [0.25, 0.3) is 0 Å². The molecule has 0 unspecified atom stereocenters. The molecule has 0 spiro atoms. The van der Waals surface area contributed by atoms with Crippen molar-refractivity contribution >= 4 is 21.6 Å². The Labute approximate surface area is 236 Å². The van der Waals surface area contributed by atoms with Gasteiger partial charge in [0.15, 0.2) is 5.75 Å². The van der Waals surface area contributed by atoms with E-state index >= 15 is 0 Å². The standard InChI is InChI=1S/C30H37N3O6S/c1-21-17-33(22(2)20-34)30(35)26-11-8-12-27(31-40(4,36)37)29(26)39-28(21)19-32(3)18-23-13-15-25(16-14-23)38-24-9-6-5-7-10-24/h5-16,21-22,28,31,34H,17-20H2,1-4H3/t21-,22-,28-/m1/s1. The quantitative estimate of drug-likeness (QED) is 0.378. The molecule has 3 aromatic carbocycles. The SMILES string of the molecule is C[C@@H]1CN([C@H](C)CO)C(=O)c2cccc(NS(C)(=O)=O)c2O[C@@H]1CN(C)Cc1ccc(Oc2ccccc2)cc1. The number of likely N-dealkylation sites (N-methyl/N-ethyl adjacent to an activating group) is 1. The Kier molecular flexibility index (Phi) is 9.34. The van der Waals surface area contributed by atoms with Crippen molar-refractivity contribution in [2.24, 2.45) is 5.92 Å². The number of ether oxygens (including phenoxy) is 2. The number of nitrogens with zero attached hydrogens (tertiary/aromatic N) is 2. The lowest BCUT2D eigenvalue weighted by atomic mass is 9.99. The van der Waals surface area contributed by atoms with Crippen molar-refractivity contribution in [1.29, 1.82) is 0 Å². The molecule has 40 heavy (non-hydrogen) atoms. The van der Waals surface area contributed by atoms with Crippen LogP contribution in [0.2, 0.25) is 0 Å². The van der Waals surface area contributed by atoms with Crippen molar-refractivity contribution in [2.45, 2.75) is 32.5 Å². The highest BCUT2D eigenvalue weighted by molar-refractivity contribution is 7.92. The van der Waals surface area contributed by atoms with Crippen LogP contribution in [0.15, 0.2) is 72.8 Å². The molecule has 0 radical (unpaired) electrons. The number of para-hydroxylation sites is 2. The molecule has 4 rings (SSSR count). The molecular weight excluding hydrogens is 530 g/mol.